The Balaban J connectivity index is 2.18. The number of hydrogen-bond acceptors (Lipinski definition) is 4. The third-order valence-electron chi connectivity index (χ3n) is 1.73. The predicted octanol–water partition coefficient (Wildman–Crippen LogP) is -0.382. The van der Waals surface area contributed by atoms with Crippen molar-refractivity contribution in [1.29, 1.82) is 0 Å². The summed E-state index contributed by atoms with van der Waals surface area (Å²) in [7, 11) is 0. The summed E-state index contributed by atoms with van der Waals surface area (Å²) in [5.74, 6) is -0.0993. The first-order chi connectivity index (χ1) is 7.22. The second-order valence-electron chi connectivity index (χ2n) is 3.02. The van der Waals surface area contributed by atoms with Crippen molar-refractivity contribution in [2.75, 3.05) is 25.5 Å². The molecule has 1 aromatic heterocycles. The summed E-state index contributed by atoms with van der Waals surface area (Å²) in [5, 5.41) is 6.61. The highest BCUT2D eigenvalue weighted by Gasteiger charge is 2.02. The minimum atomic E-state index is -0.0993. The fourth-order valence-electron chi connectivity index (χ4n) is 1.08. The van der Waals surface area contributed by atoms with Gasteiger partial charge in [0.15, 0.2) is 0 Å². The van der Waals surface area contributed by atoms with Crippen molar-refractivity contribution in [3.63, 3.8) is 0 Å². The molecular weight excluding hydrogens is 196 g/mol. The molecule has 1 amide bonds. The molecule has 3 N–H and O–H groups in total. The summed E-state index contributed by atoms with van der Waals surface area (Å²) in [6.45, 7) is 3.80. The number of ether oxygens (including phenoxy) is 1. The van der Waals surface area contributed by atoms with Crippen LogP contribution in [0.2, 0.25) is 0 Å². The SMILES string of the molecule is CCOCCNC(=O)Cn1cc(N)cn1. The van der Waals surface area contributed by atoms with Gasteiger partial charge in [-0.2, -0.15) is 5.10 Å². The molecule has 0 spiro atoms. The summed E-state index contributed by atoms with van der Waals surface area (Å²) in [6.07, 6.45) is 3.12. The molecule has 0 radical (unpaired) electrons. The lowest BCUT2D eigenvalue weighted by Crippen LogP contribution is -2.30. The van der Waals surface area contributed by atoms with Crippen LogP contribution in [0.3, 0.4) is 0 Å². The monoisotopic (exact) mass is 212 g/mol. The number of amides is 1. The van der Waals surface area contributed by atoms with Crippen molar-refractivity contribution in [3.8, 4) is 0 Å². The van der Waals surface area contributed by atoms with E-state index in [1.807, 2.05) is 6.92 Å². The third-order valence-corrected chi connectivity index (χ3v) is 1.73. The second kappa shape index (κ2) is 6.02. The molecule has 1 heterocycles. The molecule has 84 valence electrons. The first-order valence-corrected chi connectivity index (χ1v) is 4.84. The Hall–Kier alpha value is -1.56. The highest BCUT2D eigenvalue weighted by atomic mass is 16.5. The molecule has 0 aliphatic carbocycles. The van der Waals surface area contributed by atoms with Crippen LogP contribution < -0.4 is 11.1 Å². The molecule has 0 saturated carbocycles. The van der Waals surface area contributed by atoms with Gasteiger partial charge in [0.05, 0.1) is 18.5 Å². The van der Waals surface area contributed by atoms with E-state index in [4.69, 9.17) is 10.5 Å². The van der Waals surface area contributed by atoms with Crippen molar-refractivity contribution in [3.05, 3.63) is 12.4 Å². The molecule has 0 aliphatic heterocycles. The second-order valence-corrected chi connectivity index (χ2v) is 3.02. The molecule has 0 unspecified atom stereocenters. The number of aromatic nitrogens is 2. The van der Waals surface area contributed by atoms with E-state index in [0.29, 0.717) is 25.4 Å². The molecule has 6 nitrogen and oxygen atoms in total. The largest absolute Gasteiger partial charge is 0.396 e. The van der Waals surface area contributed by atoms with E-state index in [1.54, 1.807) is 6.20 Å². The predicted molar refractivity (Wildman–Crippen MR) is 56.1 cm³/mol. The van der Waals surface area contributed by atoms with Gasteiger partial charge in [0, 0.05) is 19.3 Å². The van der Waals surface area contributed by atoms with Crippen molar-refractivity contribution in [2.45, 2.75) is 13.5 Å². The molecular formula is C9H16N4O2. The minimum Gasteiger partial charge on any atom is -0.396 e. The minimum absolute atomic E-state index is 0.0993. The Kier molecular flexibility index (Phi) is 4.62. The molecule has 6 heteroatoms. The summed E-state index contributed by atoms with van der Waals surface area (Å²) in [6, 6.07) is 0. The number of anilines is 1. The molecule has 1 aromatic rings. The van der Waals surface area contributed by atoms with E-state index in [1.165, 1.54) is 10.9 Å². The van der Waals surface area contributed by atoms with Gasteiger partial charge in [0.2, 0.25) is 5.91 Å². The van der Waals surface area contributed by atoms with Crippen LogP contribution in [0.4, 0.5) is 5.69 Å². The fourth-order valence-corrected chi connectivity index (χ4v) is 1.08. The summed E-state index contributed by atoms with van der Waals surface area (Å²) in [5.41, 5.74) is 6.01. The molecule has 15 heavy (non-hydrogen) atoms. The molecule has 1 rings (SSSR count). The van der Waals surface area contributed by atoms with Crippen molar-refractivity contribution >= 4 is 11.6 Å². The van der Waals surface area contributed by atoms with E-state index in [-0.39, 0.29) is 12.5 Å². The van der Waals surface area contributed by atoms with E-state index in [2.05, 4.69) is 10.4 Å². The van der Waals surface area contributed by atoms with E-state index in [9.17, 15) is 4.79 Å². The summed E-state index contributed by atoms with van der Waals surface area (Å²) in [4.78, 5) is 11.3. The highest BCUT2D eigenvalue weighted by molar-refractivity contribution is 5.75. The van der Waals surface area contributed by atoms with Crippen LogP contribution in [0.15, 0.2) is 12.4 Å². The number of nitrogens with one attached hydrogen (secondary N) is 1. The molecule has 0 atom stereocenters. The van der Waals surface area contributed by atoms with E-state index >= 15 is 0 Å². The Labute approximate surface area is 88.4 Å². The number of nitrogens with zero attached hydrogens (tertiary/aromatic N) is 2. The smallest absolute Gasteiger partial charge is 0.241 e. The van der Waals surface area contributed by atoms with Crippen LogP contribution in [0.25, 0.3) is 0 Å². The zero-order valence-electron chi connectivity index (χ0n) is 8.77. The Bertz CT molecular complexity index is 311. The maximum atomic E-state index is 11.3. The van der Waals surface area contributed by atoms with Crippen LogP contribution in [0.1, 0.15) is 6.92 Å². The zero-order chi connectivity index (χ0) is 11.1. The lowest BCUT2D eigenvalue weighted by molar-refractivity contribution is -0.122. The van der Waals surface area contributed by atoms with Crippen LogP contribution in [-0.2, 0) is 16.1 Å². The molecule has 0 aromatic carbocycles. The van der Waals surface area contributed by atoms with Crippen LogP contribution >= 0.6 is 0 Å². The van der Waals surface area contributed by atoms with Gasteiger partial charge >= 0.3 is 0 Å². The lowest BCUT2D eigenvalue weighted by atomic mass is 10.5. The normalized spacial score (nSPS) is 10.2. The Morgan fingerprint density at radius 3 is 3.13 bits per heavy atom. The standard InChI is InChI=1S/C9H16N4O2/c1-2-15-4-3-11-9(14)7-13-6-8(10)5-12-13/h5-6H,2-4,7,10H2,1H3,(H,11,14). The third kappa shape index (κ3) is 4.46. The van der Waals surface area contributed by atoms with Gasteiger partial charge in [-0.3, -0.25) is 9.48 Å². The quantitative estimate of drug-likeness (QED) is 0.630. The van der Waals surface area contributed by atoms with Gasteiger partial charge < -0.3 is 15.8 Å². The van der Waals surface area contributed by atoms with Gasteiger partial charge in [0.25, 0.3) is 0 Å². The Morgan fingerprint density at radius 2 is 2.53 bits per heavy atom. The molecule has 0 bridgehead atoms. The van der Waals surface area contributed by atoms with Crippen molar-refractivity contribution < 1.29 is 9.53 Å². The van der Waals surface area contributed by atoms with Gasteiger partial charge in [-0.1, -0.05) is 0 Å². The number of nitrogen functional groups attached to an aromatic ring is 1. The van der Waals surface area contributed by atoms with Crippen LogP contribution in [0, 0.1) is 0 Å². The molecule has 0 saturated heterocycles. The number of rotatable bonds is 6. The first-order valence-electron chi connectivity index (χ1n) is 4.84. The topological polar surface area (TPSA) is 82.2 Å². The number of nitrogens with two attached hydrogens (primary N) is 1. The van der Waals surface area contributed by atoms with Gasteiger partial charge in [-0.15, -0.1) is 0 Å². The van der Waals surface area contributed by atoms with E-state index in [0.717, 1.165) is 0 Å². The lowest BCUT2D eigenvalue weighted by Gasteiger charge is -2.04. The fraction of sp³-hybridized carbons (Fsp3) is 0.556. The Morgan fingerprint density at radius 1 is 1.73 bits per heavy atom. The number of hydrogen-bond donors (Lipinski definition) is 2. The van der Waals surface area contributed by atoms with Gasteiger partial charge in [0.1, 0.15) is 6.54 Å². The average molecular weight is 212 g/mol. The van der Waals surface area contributed by atoms with Crippen LogP contribution in [0.5, 0.6) is 0 Å². The highest BCUT2D eigenvalue weighted by Crippen LogP contribution is 1.96. The zero-order valence-corrected chi connectivity index (χ0v) is 8.77. The number of carbonyl (C=O) groups is 1. The first kappa shape index (κ1) is 11.5. The maximum Gasteiger partial charge on any atom is 0.241 e. The van der Waals surface area contributed by atoms with Gasteiger partial charge in [-0.05, 0) is 6.92 Å². The van der Waals surface area contributed by atoms with Gasteiger partial charge in [-0.25, -0.2) is 0 Å². The molecule has 0 fully saturated rings. The summed E-state index contributed by atoms with van der Waals surface area (Å²) >= 11 is 0. The van der Waals surface area contributed by atoms with Crippen LogP contribution in [-0.4, -0.2) is 35.4 Å². The summed E-state index contributed by atoms with van der Waals surface area (Å²) < 4.78 is 6.57. The van der Waals surface area contributed by atoms with Crippen molar-refractivity contribution in [2.24, 2.45) is 0 Å². The van der Waals surface area contributed by atoms with E-state index < -0.39 is 0 Å². The van der Waals surface area contributed by atoms with Crippen molar-refractivity contribution in [1.82, 2.24) is 15.1 Å². The molecule has 0 aliphatic rings. The number of carbonyl (C=O) groups excluding carboxylic acids is 1. The average Bonchev–Trinajstić information content (AvgIpc) is 2.59. The maximum absolute atomic E-state index is 11.3.